The van der Waals surface area contributed by atoms with Crippen molar-refractivity contribution in [3.05, 3.63) is 23.8 Å². The van der Waals surface area contributed by atoms with Gasteiger partial charge in [-0.05, 0) is 6.42 Å². The van der Waals surface area contributed by atoms with Crippen molar-refractivity contribution >= 4 is 0 Å². The molecule has 0 aliphatic heterocycles. The molecule has 0 fully saturated rings. The van der Waals surface area contributed by atoms with Crippen LogP contribution in [0.2, 0.25) is 0 Å². The molecule has 0 aliphatic rings. The van der Waals surface area contributed by atoms with Crippen LogP contribution in [0.1, 0.15) is 71.1 Å². The monoisotopic (exact) mass is 314 g/mol. The van der Waals surface area contributed by atoms with Crippen molar-refractivity contribution in [2.45, 2.75) is 71.1 Å². The lowest BCUT2D eigenvalue weighted by molar-refractivity contribution is 0.298. The fourth-order valence-corrected chi connectivity index (χ4v) is 2.41. The van der Waals surface area contributed by atoms with Crippen molar-refractivity contribution in [3.63, 3.8) is 0 Å². The van der Waals surface area contributed by atoms with Crippen LogP contribution in [0.25, 0.3) is 0 Å². The highest BCUT2D eigenvalue weighted by molar-refractivity contribution is 5.33. The molecule has 126 valence electrons. The molecule has 1 aromatic carbocycles. The second-order valence-electron chi connectivity index (χ2n) is 5.77. The van der Waals surface area contributed by atoms with Crippen molar-refractivity contribution in [2.24, 2.45) is 0 Å². The number of hydrogen-bond acceptors (Lipinski definition) is 2. The van der Waals surface area contributed by atoms with Crippen LogP contribution in [-0.4, -0.2) is 11.7 Å². The SMILES string of the molecule is CCCCCCCCCCCCOc1cc(F)c(O)c(F)c1. The molecule has 1 rings (SSSR count). The Balaban J connectivity index is 2.00. The molecular weight excluding hydrogens is 286 g/mol. The van der Waals surface area contributed by atoms with Crippen LogP contribution in [0.15, 0.2) is 12.1 Å². The first kappa shape index (κ1) is 18.7. The van der Waals surface area contributed by atoms with E-state index in [0.29, 0.717) is 6.61 Å². The normalized spacial score (nSPS) is 10.9. The number of unbranched alkanes of at least 4 members (excludes halogenated alkanes) is 9. The van der Waals surface area contributed by atoms with Gasteiger partial charge in [0.15, 0.2) is 17.4 Å². The predicted molar refractivity (Wildman–Crippen MR) is 85.4 cm³/mol. The Bertz CT molecular complexity index is 399. The first-order valence-corrected chi connectivity index (χ1v) is 8.46. The van der Waals surface area contributed by atoms with E-state index >= 15 is 0 Å². The van der Waals surface area contributed by atoms with E-state index in [1.54, 1.807) is 0 Å². The maximum atomic E-state index is 13.1. The van der Waals surface area contributed by atoms with Crippen LogP contribution >= 0.6 is 0 Å². The molecule has 2 nitrogen and oxygen atoms in total. The lowest BCUT2D eigenvalue weighted by Gasteiger charge is -2.07. The zero-order valence-electron chi connectivity index (χ0n) is 13.5. The molecule has 0 amide bonds. The van der Waals surface area contributed by atoms with E-state index in [9.17, 15) is 8.78 Å². The van der Waals surface area contributed by atoms with Gasteiger partial charge in [-0.25, -0.2) is 8.78 Å². The summed E-state index contributed by atoms with van der Waals surface area (Å²) < 4.78 is 31.5. The molecular formula is C18H28F2O2. The summed E-state index contributed by atoms with van der Waals surface area (Å²) in [6.45, 7) is 2.67. The van der Waals surface area contributed by atoms with Crippen LogP contribution in [0.5, 0.6) is 11.5 Å². The van der Waals surface area contributed by atoms with Crippen LogP contribution in [-0.2, 0) is 0 Å². The fraction of sp³-hybridized carbons (Fsp3) is 0.667. The second kappa shape index (κ2) is 11.3. The molecule has 0 saturated carbocycles. The second-order valence-corrected chi connectivity index (χ2v) is 5.77. The molecule has 0 aromatic heterocycles. The van der Waals surface area contributed by atoms with Gasteiger partial charge in [-0.3, -0.25) is 0 Å². The Labute approximate surface area is 132 Å². The van der Waals surface area contributed by atoms with Gasteiger partial charge in [-0.2, -0.15) is 0 Å². The lowest BCUT2D eigenvalue weighted by Crippen LogP contribution is -1.98. The molecule has 0 atom stereocenters. The summed E-state index contributed by atoms with van der Waals surface area (Å²) in [7, 11) is 0. The van der Waals surface area contributed by atoms with E-state index in [2.05, 4.69) is 6.92 Å². The van der Waals surface area contributed by atoms with Crippen LogP contribution < -0.4 is 4.74 Å². The largest absolute Gasteiger partial charge is 0.503 e. The molecule has 1 N–H and O–H groups in total. The Morgan fingerprint density at radius 2 is 1.27 bits per heavy atom. The van der Waals surface area contributed by atoms with Crippen LogP contribution in [0, 0.1) is 11.6 Å². The molecule has 0 radical (unpaired) electrons. The summed E-state index contributed by atoms with van der Waals surface area (Å²) in [5.41, 5.74) is 0. The number of aromatic hydroxyl groups is 1. The van der Waals surface area contributed by atoms with Gasteiger partial charge < -0.3 is 9.84 Å². The zero-order chi connectivity index (χ0) is 16.2. The Morgan fingerprint density at radius 1 is 0.818 bits per heavy atom. The van der Waals surface area contributed by atoms with Crippen LogP contribution in [0.4, 0.5) is 8.78 Å². The minimum Gasteiger partial charge on any atom is -0.503 e. The quantitative estimate of drug-likeness (QED) is 0.482. The number of phenols is 1. The van der Waals surface area contributed by atoms with E-state index in [0.717, 1.165) is 25.0 Å². The number of benzene rings is 1. The zero-order valence-corrected chi connectivity index (χ0v) is 13.5. The number of halogens is 2. The molecule has 0 aliphatic carbocycles. The highest BCUT2D eigenvalue weighted by atomic mass is 19.1. The van der Waals surface area contributed by atoms with Gasteiger partial charge in [0.05, 0.1) is 6.61 Å². The minimum absolute atomic E-state index is 0.128. The van der Waals surface area contributed by atoms with Gasteiger partial charge in [0.25, 0.3) is 0 Å². The number of hydrogen-bond donors (Lipinski definition) is 1. The smallest absolute Gasteiger partial charge is 0.188 e. The Morgan fingerprint density at radius 3 is 1.77 bits per heavy atom. The number of ether oxygens (including phenoxy) is 1. The van der Waals surface area contributed by atoms with E-state index in [1.807, 2.05) is 0 Å². The number of rotatable bonds is 12. The predicted octanol–water partition coefficient (Wildman–Crippen LogP) is 5.97. The number of phenolic OH excluding ortho intramolecular Hbond substituents is 1. The van der Waals surface area contributed by atoms with Crippen molar-refractivity contribution in [2.75, 3.05) is 6.61 Å². The summed E-state index contributed by atoms with van der Waals surface area (Å²) in [5, 5.41) is 8.99. The minimum atomic E-state index is -0.988. The molecule has 0 unspecified atom stereocenters. The summed E-state index contributed by atoms with van der Waals surface area (Å²) in [4.78, 5) is 0. The molecule has 0 bridgehead atoms. The van der Waals surface area contributed by atoms with Crippen molar-refractivity contribution in [1.82, 2.24) is 0 Å². The molecule has 22 heavy (non-hydrogen) atoms. The van der Waals surface area contributed by atoms with Gasteiger partial charge >= 0.3 is 0 Å². The molecule has 4 heteroatoms. The lowest BCUT2D eigenvalue weighted by atomic mass is 10.1. The summed E-state index contributed by atoms with van der Waals surface area (Å²) in [5.74, 6) is -2.80. The van der Waals surface area contributed by atoms with Gasteiger partial charge in [0.1, 0.15) is 5.75 Å². The third-order valence-corrected chi connectivity index (χ3v) is 3.76. The van der Waals surface area contributed by atoms with Crippen LogP contribution in [0.3, 0.4) is 0 Å². The highest BCUT2D eigenvalue weighted by Crippen LogP contribution is 2.25. The van der Waals surface area contributed by atoms with Crippen molar-refractivity contribution in [3.8, 4) is 11.5 Å². The average molecular weight is 314 g/mol. The Hall–Kier alpha value is -1.32. The van der Waals surface area contributed by atoms with Gasteiger partial charge in [-0.15, -0.1) is 0 Å². The third-order valence-electron chi connectivity index (χ3n) is 3.76. The summed E-state index contributed by atoms with van der Waals surface area (Å²) in [6, 6.07) is 2.02. The molecule has 1 aromatic rings. The maximum Gasteiger partial charge on any atom is 0.188 e. The van der Waals surface area contributed by atoms with E-state index in [-0.39, 0.29) is 5.75 Å². The first-order valence-electron chi connectivity index (χ1n) is 8.46. The summed E-state index contributed by atoms with van der Waals surface area (Å²) in [6.07, 6.45) is 12.3. The van der Waals surface area contributed by atoms with E-state index in [1.165, 1.54) is 51.4 Å². The van der Waals surface area contributed by atoms with Crippen molar-refractivity contribution < 1.29 is 18.6 Å². The summed E-state index contributed by atoms with van der Waals surface area (Å²) >= 11 is 0. The average Bonchev–Trinajstić information content (AvgIpc) is 2.50. The van der Waals surface area contributed by atoms with Gasteiger partial charge in [0, 0.05) is 12.1 Å². The Kier molecular flexibility index (Phi) is 9.60. The maximum absolute atomic E-state index is 13.1. The van der Waals surface area contributed by atoms with E-state index in [4.69, 9.17) is 9.84 Å². The standard InChI is InChI=1S/C18H28F2O2/c1-2-3-4-5-6-7-8-9-10-11-12-22-15-13-16(19)18(21)17(20)14-15/h13-14,21H,2-12H2,1H3. The molecule has 0 saturated heterocycles. The molecule has 0 heterocycles. The fourth-order valence-electron chi connectivity index (χ4n) is 2.41. The highest BCUT2D eigenvalue weighted by Gasteiger charge is 2.09. The van der Waals surface area contributed by atoms with Gasteiger partial charge in [-0.1, -0.05) is 64.7 Å². The first-order chi connectivity index (χ1) is 10.6. The van der Waals surface area contributed by atoms with Crippen molar-refractivity contribution in [1.29, 1.82) is 0 Å². The molecule has 0 spiro atoms. The van der Waals surface area contributed by atoms with E-state index < -0.39 is 17.4 Å². The third kappa shape index (κ3) is 7.62. The topological polar surface area (TPSA) is 29.5 Å². The van der Waals surface area contributed by atoms with Gasteiger partial charge in [0.2, 0.25) is 0 Å².